The van der Waals surface area contributed by atoms with Gasteiger partial charge in [-0.25, -0.2) is 0 Å². The zero-order chi connectivity index (χ0) is 19.2. The largest absolute Gasteiger partial charge is 0.508 e. The number of aromatic nitrogens is 1. The smallest absolute Gasteiger partial charge is 0.269 e. The number of hydrogen-bond donors (Lipinski definition) is 2. The van der Waals surface area contributed by atoms with Crippen LogP contribution in [0.1, 0.15) is 28.4 Å². The van der Waals surface area contributed by atoms with Crippen molar-refractivity contribution in [2.24, 2.45) is 16.4 Å². The Morgan fingerprint density at radius 3 is 2.85 bits per heavy atom. The first kappa shape index (κ1) is 16.9. The molecule has 2 aliphatic rings. The number of phenols is 1. The van der Waals surface area contributed by atoms with E-state index >= 15 is 0 Å². The van der Waals surface area contributed by atoms with Crippen LogP contribution in [0.3, 0.4) is 0 Å². The molecule has 9 heteroatoms. The van der Waals surface area contributed by atoms with Crippen molar-refractivity contribution in [2.75, 3.05) is 7.05 Å². The number of carbonyl (C=O) groups excluding carboxylic acids is 2. The number of amides is 2. The molecule has 9 nitrogen and oxygen atoms in total. The van der Waals surface area contributed by atoms with Crippen LogP contribution in [0, 0.1) is 11.3 Å². The van der Waals surface area contributed by atoms with Crippen molar-refractivity contribution in [1.82, 2.24) is 10.3 Å². The number of nitrogens with zero attached hydrogens (tertiary/aromatic N) is 4. The summed E-state index contributed by atoms with van der Waals surface area (Å²) in [6, 6.07) is 7.87. The molecule has 0 spiro atoms. The fourth-order valence-corrected chi connectivity index (χ4v) is 3.62. The van der Waals surface area contributed by atoms with E-state index < -0.39 is 11.3 Å². The summed E-state index contributed by atoms with van der Waals surface area (Å²) >= 11 is 0. The van der Waals surface area contributed by atoms with Crippen molar-refractivity contribution in [3.05, 3.63) is 58.2 Å². The number of ether oxygens (including phenoxy) is 1. The molecule has 4 rings (SSSR count). The standard InChI is InChI=1S/C18H15N5O4/c1-20-16(25)13-7-10(4-5-21-13)27-9-2-3-14(24)11(6-9)15-12-8-18(12,15)17(26)22-23-19/h2-7,12,15,24H,8H2,1H3,(H,20,25). The van der Waals surface area contributed by atoms with Crippen molar-refractivity contribution < 1.29 is 19.4 Å². The van der Waals surface area contributed by atoms with Crippen molar-refractivity contribution in [2.45, 2.75) is 12.3 Å². The van der Waals surface area contributed by atoms with E-state index in [-0.39, 0.29) is 29.2 Å². The Balaban J connectivity index is 1.57. The molecule has 3 atom stereocenters. The number of phenolic OH excluding ortho intramolecular Hbond substituents is 1. The highest BCUT2D eigenvalue weighted by Gasteiger charge is 2.83. The second-order valence-electron chi connectivity index (χ2n) is 6.60. The third-order valence-corrected chi connectivity index (χ3v) is 5.20. The third kappa shape index (κ3) is 2.65. The van der Waals surface area contributed by atoms with Gasteiger partial charge in [-0.1, -0.05) is 0 Å². The molecule has 0 radical (unpaired) electrons. The van der Waals surface area contributed by atoms with E-state index in [1.807, 2.05) is 0 Å². The number of rotatable bonds is 5. The number of aromatic hydroxyl groups is 1. The Bertz CT molecular complexity index is 1020. The van der Waals surface area contributed by atoms with Crippen LogP contribution in [0.15, 0.2) is 41.6 Å². The SMILES string of the molecule is CNC(=O)c1cc(Oc2ccc(O)c(C3C4CC43C(=O)N=[N+]=[N-])c2)ccn1. The molecular formula is C18H15N5O4. The first-order valence-electron chi connectivity index (χ1n) is 8.29. The van der Waals surface area contributed by atoms with Gasteiger partial charge in [-0.3, -0.25) is 14.6 Å². The number of hydrogen-bond acceptors (Lipinski definition) is 5. The van der Waals surface area contributed by atoms with Crippen LogP contribution in [0.2, 0.25) is 0 Å². The van der Waals surface area contributed by atoms with Crippen molar-refractivity contribution in [3.8, 4) is 17.2 Å². The minimum absolute atomic E-state index is 0.0634. The summed E-state index contributed by atoms with van der Waals surface area (Å²) in [5, 5.41) is 15.9. The van der Waals surface area contributed by atoms with Gasteiger partial charge in [-0.05, 0) is 47.2 Å². The predicted molar refractivity (Wildman–Crippen MR) is 93.2 cm³/mol. The Morgan fingerprint density at radius 1 is 1.37 bits per heavy atom. The number of nitrogens with one attached hydrogen (secondary N) is 1. The molecule has 2 amide bonds. The maximum Gasteiger partial charge on any atom is 0.269 e. The number of benzene rings is 1. The van der Waals surface area contributed by atoms with Crippen molar-refractivity contribution in [1.29, 1.82) is 0 Å². The van der Waals surface area contributed by atoms with Crippen LogP contribution in [-0.2, 0) is 4.79 Å². The molecule has 2 fully saturated rings. The van der Waals surface area contributed by atoms with Crippen molar-refractivity contribution in [3.63, 3.8) is 0 Å². The molecule has 2 N–H and O–H groups in total. The summed E-state index contributed by atoms with van der Waals surface area (Å²) in [5.74, 6) is 0.0536. The highest BCUT2D eigenvalue weighted by Crippen LogP contribution is 2.85. The maximum absolute atomic E-state index is 12.0. The second kappa shape index (κ2) is 6.00. The van der Waals surface area contributed by atoms with Crippen molar-refractivity contribution >= 4 is 11.8 Å². The zero-order valence-electron chi connectivity index (χ0n) is 14.3. The van der Waals surface area contributed by atoms with Crippen LogP contribution in [0.5, 0.6) is 17.2 Å². The normalized spacial score (nSPS) is 24.2. The lowest BCUT2D eigenvalue weighted by Crippen LogP contribution is -2.18. The lowest BCUT2D eigenvalue weighted by Gasteiger charge is -2.13. The number of azide groups is 1. The van der Waals surface area contributed by atoms with E-state index in [9.17, 15) is 14.7 Å². The Hall–Kier alpha value is -3.58. The predicted octanol–water partition coefficient (Wildman–Crippen LogP) is 2.88. The Labute approximate surface area is 153 Å². The fourth-order valence-electron chi connectivity index (χ4n) is 3.62. The van der Waals surface area contributed by atoms with Crippen LogP contribution in [0.25, 0.3) is 10.4 Å². The minimum Gasteiger partial charge on any atom is -0.508 e. The van der Waals surface area contributed by atoms with Crippen LogP contribution < -0.4 is 10.1 Å². The van der Waals surface area contributed by atoms with E-state index in [2.05, 4.69) is 20.3 Å². The van der Waals surface area contributed by atoms with E-state index in [1.165, 1.54) is 25.4 Å². The first-order chi connectivity index (χ1) is 13.0. The van der Waals surface area contributed by atoms with Gasteiger partial charge in [0.25, 0.3) is 5.91 Å². The zero-order valence-corrected chi connectivity index (χ0v) is 14.3. The fraction of sp³-hybridized carbons (Fsp3) is 0.278. The van der Waals surface area contributed by atoms with Gasteiger partial charge in [0, 0.05) is 41.1 Å². The highest BCUT2D eigenvalue weighted by molar-refractivity contribution is 5.94. The van der Waals surface area contributed by atoms with E-state index in [0.29, 0.717) is 23.5 Å². The molecular weight excluding hydrogens is 350 g/mol. The average molecular weight is 365 g/mol. The molecule has 27 heavy (non-hydrogen) atoms. The van der Waals surface area contributed by atoms with E-state index in [1.54, 1.807) is 18.2 Å². The van der Waals surface area contributed by atoms with Gasteiger partial charge in [-0.15, -0.1) is 0 Å². The number of pyridine rings is 1. The second-order valence-corrected chi connectivity index (χ2v) is 6.60. The molecule has 2 aromatic rings. The van der Waals surface area contributed by atoms with Gasteiger partial charge in [0.2, 0.25) is 5.91 Å². The van der Waals surface area contributed by atoms with E-state index in [4.69, 9.17) is 10.3 Å². The van der Waals surface area contributed by atoms with Crippen LogP contribution in [-0.4, -0.2) is 29.0 Å². The molecule has 0 saturated heterocycles. The van der Waals surface area contributed by atoms with Crippen LogP contribution >= 0.6 is 0 Å². The monoisotopic (exact) mass is 365 g/mol. The summed E-state index contributed by atoms with van der Waals surface area (Å²) in [7, 11) is 1.51. The molecule has 1 aromatic carbocycles. The van der Waals surface area contributed by atoms with Crippen LogP contribution in [0.4, 0.5) is 0 Å². The van der Waals surface area contributed by atoms with Gasteiger partial charge < -0.3 is 15.2 Å². The molecule has 0 aliphatic heterocycles. The lowest BCUT2D eigenvalue weighted by atomic mass is 9.95. The molecule has 2 saturated carbocycles. The van der Waals surface area contributed by atoms with Gasteiger partial charge in [0.1, 0.15) is 22.9 Å². The minimum atomic E-state index is -0.661. The number of carbonyl (C=O) groups is 2. The molecule has 0 bridgehead atoms. The molecule has 136 valence electrons. The van der Waals surface area contributed by atoms with E-state index in [0.717, 1.165) is 0 Å². The lowest BCUT2D eigenvalue weighted by molar-refractivity contribution is -0.121. The topological polar surface area (TPSA) is 137 Å². The molecule has 1 heterocycles. The van der Waals surface area contributed by atoms with Gasteiger partial charge in [-0.2, -0.15) is 0 Å². The summed E-state index contributed by atoms with van der Waals surface area (Å²) in [5.41, 5.74) is 8.63. The van der Waals surface area contributed by atoms with Gasteiger partial charge >= 0.3 is 0 Å². The quantitative estimate of drug-likeness (QED) is 0.477. The molecule has 2 aliphatic carbocycles. The summed E-state index contributed by atoms with van der Waals surface area (Å²) in [6.45, 7) is 0. The first-order valence-corrected chi connectivity index (χ1v) is 8.29. The molecule has 3 unspecified atom stereocenters. The summed E-state index contributed by atoms with van der Waals surface area (Å²) < 4.78 is 5.78. The Kier molecular flexibility index (Phi) is 3.75. The third-order valence-electron chi connectivity index (χ3n) is 5.20. The van der Waals surface area contributed by atoms with Gasteiger partial charge in [0.15, 0.2) is 0 Å². The molecule has 1 aromatic heterocycles. The summed E-state index contributed by atoms with van der Waals surface area (Å²) in [4.78, 5) is 30.2. The highest BCUT2D eigenvalue weighted by atomic mass is 16.5. The maximum atomic E-state index is 12.0. The number of fused-ring (bicyclic) bond motifs is 1. The Morgan fingerprint density at radius 2 is 2.15 bits per heavy atom. The summed E-state index contributed by atoms with van der Waals surface area (Å²) in [6.07, 6.45) is 2.13. The van der Waals surface area contributed by atoms with Gasteiger partial charge in [0.05, 0.1) is 0 Å². The average Bonchev–Trinajstić information content (AvgIpc) is 3.54.